The molecule has 0 spiro atoms. The van der Waals surface area contributed by atoms with Crippen LogP contribution in [0.25, 0.3) is 11.1 Å². The van der Waals surface area contributed by atoms with Gasteiger partial charge in [-0.05, 0) is 47.7 Å². The number of aryl methyl sites for hydroxylation is 1. The lowest BCUT2D eigenvalue weighted by Gasteiger charge is -2.08. The van der Waals surface area contributed by atoms with Crippen LogP contribution in [0.15, 0.2) is 42.5 Å². The molecule has 0 bridgehead atoms. The molecule has 88 valence electrons. The Morgan fingerprint density at radius 2 is 1.94 bits per heavy atom. The van der Waals surface area contributed by atoms with Crippen molar-refractivity contribution in [1.29, 1.82) is 0 Å². The summed E-state index contributed by atoms with van der Waals surface area (Å²) in [4.78, 5) is 0. The van der Waals surface area contributed by atoms with E-state index in [-0.39, 0.29) is 12.4 Å². The molecule has 0 saturated carbocycles. The van der Waals surface area contributed by atoms with Crippen molar-refractivity contribution < 1.29 is 9.50 Å². The summed E-state index contributed by atoms with van der Waals surface area (Å²) < 4.78 is 13.2. The SMILES string of the molecule is Cc1ccc(F)cc1-c1cccc(CCO)c1. The molecule has 1 nitrogen and oxygen atoms in total. The van der Waals surface area contributed by atoms with Gasteiger partial charge in [-0.25, -0.2) is 4.39 Å². The van der Waals surface area contributed by atoms with Crippen LogP contribution in [0.1, 0.15) is 11.1 Å². The van der Waals surface area contributed by atoms with Crippen molar-refractivity contribution >= 4 is 0 Å². The molecule has 0 aliphatic rings. The first-order valence-corrected chi connectivity index (χ1v) is 5.67. The van der Waals surface area contributed by atoms with Gasteiger partial charge in [-0.2, -0.15) is 0 Å². The minimum Gasteiger partial charge on any atom is -0.396 e. The summed E-state index contributed by atoms with van der Waals surface area (Å²) in [5, 5.41) is 8.92. The van der Waals surface area contributed by atoms with Gasteiger partial charge in [0.25, 0.3) is 0 Å². The van der Waals surface area contributed by atoms with Crippen LogP contribution >= 0.6 is 0 Å². The van der Waals surface area contributed by atoms with Gasteiger partial charge in [-0.1, -0.05) is 30.3 Å². The van der Waals surface area contributed by atoms with Crippen molar-refractivity contribution in [3.8, 4) is 11.1 Å². The van der Waals surface area contributed by atoms with E-state index in [1.165, 1.54) is 6.07 Å². The van der Waals surface area contributed by atoms with Crippen molar-refractivity contribution in [1.82, 2.24) is 0 Å². The fraction of sp³-hybridized carbons (Fsp3) is 0.200. The summed E-state index contributed by atoms with van der Waals surface area (Å²) in [5.41, 5.74) is 4.01. The first-order chi connectivity index (χ1) is 8.20. The number of aliphatic hydroxyl groups excluding tert-OH is 1. The van der Waals surface area contributed by atoms with Crippen LogP contribution in [0.5, 0.6) is 0 Å². The zero-order chi connectivity index (χ0) is 12.3. The summed E-state index contributed by atoms with van der Waals surface area (Å²) >= 11 is 0. The monoisotopic (exact) mass is 230 g/mol. The largest absolute Gasteiger partial charge is 0.396 e. The van der Waals surface area contributed by atoms with E-state index in [0.29, 0.717) is 6.42 Å². The van der Waals surface area contributed by atoms with Crippen LogP contribution in [-0.2, 0) is 6.42 Å². The maximum Gasteiger partial charge on any atom is 0.123 e. The second-order valence-corrected chi connectivity index (χ2v) is 4.13. The molecule has 2 aromatic carbocycles. The van der Waals surface area contributed by atoms with E-state index in [1.807, 2.05) is 31.2 Å². The third-order valence-corrected chi connectivity index (χ3v) is 2.84. The van der Waals surface area contributed by atoms with E-state index in [1.54, 1.807) is 12.1 Å². The van der Waals surface area contributed by atoms with Crippen LogP contribution in [0.3, 0.4) is 0 Å². The van der Waals surface area contributed by atoms with Crippen LogP contribution in [-0.4, -0.2) is 11.7 Å². The van der Waals surface area contributed by atoms with Crippen LogP contribution in [0.2, 0.25) is 0 Å². The highest BCUT2D eigenvalue weighted by Gasteiger charge is 2.04. The van der Waals surface area contributed by atoms with Gasteiger partial charge in [-0.15, -0.1) is 0 Å². The molecular weight excluding hydrogens is 215 g/mol. The maximum atomic E-state index is 13.2. The molecule has 0 radical (unpaired) electrons. The highest BCUT2D eigenvalue weighted by atomic mass is 19.1. The van der Waals surface area contributed by atoms with E-state index in [2.05, 4.69) is 0 Å². The van der Waals surface area contributed by atoms with Gasteiger partial charge in [0.15, 0.2) is 0 Å². The molecule has 0 aliphatic heterocycles. The summed E-state index contributed by atoms with van der Waals surface area (Å²) in [7, 11) is 0. The number of halogens is 1. The Labute approximate surface area is 101 Å². The summed E-state index contributed by atoms with van der Waals surface area (Å²) in [6, 6.07) is 12.7. The second-order valence-electron chi connectivity index (χ2n) is 4.13. The number of rotatable bonds is 3. The molecule has 0 aliphatic carbocycles. The Kier molecular flexibility index (Phi) is 3.55. The second kappa shape index (κ2) is 5.11. The molecule has 0 heterocycles. The van der Waals surface area contributed by atoms with Crippen molar-refractivity contribution in [2.75, 3.05) is 6.61 Å². The number of benzene rings is 2. The molecule has 0 saturated heterocycles. The first-order valence-electron chi connectivity index (χ1n) is 5.67. The van der Waals surface area contributed by atoms with Gasteiger partial charge < -0.3 is 5.11 Å². The van der Waals surface area contributed by atoms with E-state index in [9.17, 15) is 4.39 Å². The fourth-order valence-electron chi connectivity index (χ4n) is 1.93. The minimum absolute atomic E-state index is 0.131. The lowest BCUT2D eigenvalue weighted by atomic mass is 9.98. The number of aliphatic hydroxyl groups is 1. The van der Waals surface area contributed by atoms with Crippen molar-refractivity contribution in [2.45, 2.75) is 13.3 Å². The fourth-order valence-corrected chi connectivity index (χ4v) is 1.93. The molecule has 2 aromatic rings. The average Bonchev–Trinajstić information content (AvgIpc) is 2.33. The van der Waals surface area contributed by atoms with E-state index in [4.69, 9.17) is 5.11 Å². The van der Waals surface area contributed by atoms with E-state index >= 15 is 0 Å². The smallest absolute Gasteiger partial charge is 0.123 e. The third-order valence-electron chi connectivity index (χ3n) is 2.84. The Bertz CT molecular complexity index is 520. The Hall–Kier alpha value is -1.67. The first kappa shape index (κ1) is 11.8. The highest BCUT2D eigenvalue weighted by molar-refractivity contribution is 5.67. The quantitative estimate of drug-likeness (QED) is 0.857. The number of hydrogen-bond acceptors (Lipinski definition) is 1. The molecule has 0 amide bonds. The Morgan fingerprint density at radius 1 is 1.12 bits per heavy atom. The lowest BCUT2D eigenvalue weighted by Crippen LogP contribution is -1.92. The third kappa shape index (κ3) is 2.71. The molecule has 0 unspecified atom stereocenters. The molecule has 0 aromatic heterocycles. The standard InChI is InChI=1S/C15H15FO/c1-11-5-6-14(16)10-15(11)13-4-2-3-12(9-13)7-8-17/h2-6,9-10,17H,7-8H2,1H3. The molecular formula is C15H15FO. The summed E-state index contributed by atoms with van der Waals surface area (Å²) in [5.74, 6) is -0.224. The van der Waals surface area contributed by atoms with Crippen LogP contribution in [0, 0.1) is 12.7 Å². The van der Waals surface area contributed by atoms with Gasteiger partial charge in [0.2, 0.25) is 0 Å². The lowest BCUT2D eigenvalue weighted by molar-refractivity contribution is 0.299. The summed E-state index contributed by atoms with van der Waals surface area (Å²) in [6.45, 7) is 2.10. The Morgan fingerprint density at radius 3 is 2.71 bits per heavy atom. The van der Waals surface area contributed by atoms with E-state index < -0.39 is 0 Å². The minimum atomic E-state index is -0.224. The normalized spacial score (nSPS) is 10.5. The zero-order valence-corrected chi connectivity index (χ0v) is 9.78. The predicted molar refractivity (Wildman–Crippen MR) is 67.4 cm³/mol. The van der Waals surface area contributed by atoms with Gasteiger partial charge in [0.05, 0.1) is 0 Å². The molecule has 2 rings (SSSR count). The van der Waals surface area contributed by atoms with Gasteiger partial charge in [-0.3, -0.25) is 0 Å². The van der Waals surface area contributed by atoms with Crippen LogP contribution in [0.4, 0.5) is 4.39 Å². The molecule has 0 fully saturated rings. The van der Waals surface area contributed by atoms with Gasteiger partial charge in [0.1, 0.15) is 5.82 Å². The summed E-state index contributed by atoms with van der Waals surface area (Å²) in [6.07, 6.45) is 0.627. The van der Waals surface area contributed by atoms with Crippen molar-refractivity contribution in [2.24, 2.45) is 0 Å². The van der Waals surface area contributed by atoms with Crippen LogP contribution < -0.4 is 0 Å². The van der Waals surface area contributed by atoms with Gasteiger partial charge in [0, 0.05) is 6.61 Å². The van der Waals surface area contributed by atoms with Crippen molar-refractivity contribution in [3.63, 3.8) is 0 Å². The molecule has 0 atom stereocenters. The average molecular weight is 230 g/mol. The number of hydrogen-bond donors (Lipinski definition) is 1. The molecule has 2 heteroatoms. The molecule has 1 N–H and O–H groups in total. The maximum absolute atomic E-state index is 13.2. The zero-order valence-electron chi connectivity index (χ0n) is 9.78. The topological polar surface area (TPSA) is 20.2 Å². The van der Waals surface area contributed by atoms with Gasteiger partial charge >= 0.3 is 0 Å². The molecule has 17 heavy (non-hydrogen) atoms. The Balaban J connectivity index is 2.45. The predicted octanol–water partition coefficient (Wildman–Crippen LogP) is 3.34. The van der Waals surface area contributed by atoms with E-state index in [0.717, 1.165) is 22.3 Å². The van der Waals surface area contributed by atoms with Crippen molar-refractivity contribution in [3.05, 3.63) is 59.4 Å². The highest BCUT2D eigenvalue weighted by Crippen LogP contribution is 2.25.